The fourth-order valence-corrected chi connectivity index (χ4v) is 10.4. The summed E-state index contributed by atoms with van der Waals surface area (Å²) in [6.07, 6.45) is 0.871. The maximum absolute atomic E-state index is 12.7. The maximum atomic E-state index is 12.7. The first-order valence-electron chi connectivity index (χ1n) is 8.79. The number of rotatable bonds is 5. The van der Waals surface area contributed by atoms with Crippen LogP contribution in [0.1, 0.15) is 61.3 Å². The summed E-state index contributed by atoms with van der Waals surface area (Å²) in [6, 6.07) is 0. The molecule has 1 amide bonds. The molecule has 0 aromatic heterocycles. The molecule has 3 atom stereocenters. The van der Waals surface area contributed by atoms with E-state index in [9.17, 15) is 9.90 Å². The summed E-state index contributed by atoms with van der Waals surface area (Å²) in [4.78, 5) is 14.4. The first kappa shape index (κ1) is 18.0. The summed E-state index contributed by atoms with van der Waals surface area (Å²) >= 11 is 0. The topological polar surface area (TPSA) is 49.8 Å². The van der Waals surface area contributed by atoms with Crippen LogP contribution in [0.5, 0.6) is 0 Å². The summed E-state index contributed by atoms with van der Waals surface area (Å²) < 4.78 is 6.63. The molecule has 0 radical (unpaired) electrons. The Balaban J connectivity index is 2.27. The quantitative estimate of drug-likeness (QED) is 0.786. The van der Waals surface area contributed by atoms with Crippen LogP contribution in [0.2, 0.25) is 16.6 Å². The normalized spacial score (nSPS) is 32.7. The van der Waals surface area contributed by atoms with Gasteiger partial charge in [-0.05, 0) is 23.0 Å². The molecule has 0 aliphatic carbocycles. The zero-order chi connectivity index (χ0) is 16.9. The third-order valence-electron chi connectivity index (χ3n) is 6.12. The summed E-state index contributed by atoms with van der Waals surface area (Å²) in [6.45, 7) is 16.1. The minimum atomic E-state index is -2.10. The maximum Gasteiger partial charge on any atom is 0.252 e. The number of carbonyl (C=O) groups excluding carboxylic acids is 1. The van der Waals surface area contributed by atoms with Gasteiger partial charge in [-0.2, -0.15) is 0 Å². The Labute approximate surface area is 136 Å². The van der Waals surface area contributed by atoms with E-state index in [1.54, 1.807) is 4.90 Å². The van der Waals surface area contributed by atoms with Gasteiger partial charge in [0.25, 0.3) is 5.91 Å². The Hall–Kier alpha value is -0.393. The lowest BCUT2D eigenvalue weighted by atomic mass is 9.96. The third kappa shape index (κ3) is 2.45. The molecule has 2 rings (SSSR count). The van der Waals surface area contributed by atoms with Crippen LogP contribution in [-0.2, 0) is 9.22 Å². The summed E-state index contributed by atoms with van der Waals surface area (Å²) in [5.74, 6) is 0.143. The highest BCUT2D eigenvalue weighted by atomic mass is 28.4. The number of fused-ring (bicyclic) bond motifs is 1. The number of carbonyl (C=O) groups is 1. The largest absolute Gasteiger partial charge is 0.404 e. The standard InChI is InChI=1S/C17H33NO3Si/c1-11(2)22(12(3)4,13(5)6)21-15-10-17(20)14(7)8-9-18(17)16(15)19/h11-15,20H,8-10H2,1-7H3/t14-,15-,17-/m0/s1. The van der Waals surface area contributed by atoms with Crippen LogP contribution in [0.25, 0.3) is 0 Å². The molecule has 0 bridgehead atoms. The van der Waals surface area contributed by atoms with E-state index in [0.717, 1.165) is 6.42 Å². The summed E-state index contributed by atoms with van der Waals surface area (Å²) in [5.41, 5.74) is 0.362. The van der Waals surface area contributed by atoms with Crippen LogP contribution in [0, 0.1) is 5.92 Å². The zero-order valence-electron chi connectivity index (χ0n) is 15.2. The molecule has 2 fully saturated rings. The van der Waals surface area contributed by atoms with Gasteiger partial charge < -0.3 is 14.4 Å². The molecule has 2 aliphatic rings. The molecule has 128 valence electrons. The van der Waals surface area contributed by atoms with Gasteiger partial charge in [0, 0.05) is 18.9 Å². The smallest absolute Gasteiger partial charge is 0.252 e. The van der Waals surface area contributed by atoms with Gasteiger partial charge in [-0.25, -0.2) is 0 Å². The zero-order valence-corrected chi connectivity index (χ0v) is 16.2. The van der Waals surface area contributed by atoms with E-state index < -0.39 is 20.1 Å². The van der Waals surface area contributed by atoms with Crippen molar-refractivity contribution in [3.63, 3.8) is 0 Å². The highest BCUT2D eigenvalue weighted by Gasteiger charge is 2.59. The average Bonchev–Trinajstić information content (AvgIpc) is 2.81. The predicted octanol–water partition coefficient (Wildman–Crippen LogP) is 3.51. The van der Waals surface area contributed by atoms with Gasteiger partial charge in [-0.15, -0.1) is 0 Å². The second-order valence-corrected chi connectivity index (χ2v) is 13.6. The SMILES string of the molecule is CC(C)[Si](O[C@H]1C[C@]2(O)[C@@H](C)CCN2C1=O)(C(C)C)C(C)C. The first-order valence-corrected chi connectivity index (χ1v) is 10.9. The monoisotopic (exact) mass is 327 g/mol. The van der Waals surface area contributed by atoms with Gasteiger partial charge in [0.15, 0.2) is 0 Å². The fraction of sp³-hybridized carbons (Fsp3) is 0.941. The highest BCUT2D eigenvalue weighted by molar-refractivity contribution is 6.77. The van der Waals surface area contributed by atoms with E-state index in [1.807, 2.05) is 6.92 Å². The summed E-state index contributed by atoms with van der Waals surface area (Å²) in [5, 5.41) is 10.9. The Morgan fingerprint density at radius 3 is 2.09 bits per heavy atom. The van der Waals surface area contributed by atoms with Crippen molar-refractivity contribution < 1.29 is 14.3 Å². The van der Waals surface area contributed by atoms with Crippen molar-refractivity contribution in [3.05, 3.63) is 0 Å². The van der Waals surface area contributed by atoms with Gasteiger partial charge in [0.2, 0.25) is 8.32 Å². The molecule has 0 aromatic rings. The van der Waals surface area contributed by atoms with Gasteiger partial charge in [0.05, 0.1) is 0 Å². The summed E-state index contributed by atoms with van der Waals surface area (Å²) in [7, 11) is -2.10. The van der Waals surface area contributed by atoms with Crippen LogP contribution in [0.15, 0.2) is 0 Å². The second-order valence-electron chi connectivity index (χ2n) is 8.19. The lowest BCUT2D eigenvalue weighted by molar-refractivity contribution is -0.144. The molecule has 2 aliphatic heterocycles. The van der Waals surface area contributed by atoms with Crippen LogP contribution in [0.4, 0.5) is 0 Å². The molecule has 22 heavy (non-hydrogen) atoms. The van der Waals surface area contributed by atoms with E-state index in [2.05, 4.69) is 41.5 Å². The van der Waals surface area contributed by atoms with Crippen molar-refractivity contribution in [2.75, 3.05) is 6.54 Å². The Bertz CT molecular complexity index is 416. The number of aliphatic hydroxyl groups is 1. The molecular weight excluding hydrogens is 294 g/mol. The Kier molecular flexibility index (Phi) is 4.82. The van der Waals surface area contributed by atoms with E-state index in [4.69, 9.17) is 4.43 Å². The average molecular weight is 328 g/mol. The Morgan fingerprint density at radius 1 is 1.18 bits per heavy atom. The number of hydrogen-bond acceptors (Lipinski definition) is 3. The number of nitrogens with zero attached hydrogens (tertiary/aromatic N) is 1. The molecule has 1 N–H and O–H groups in total. The second kappa shape index (κ2) is 5.91. The van der Waals surface area contributed by atoms with Crippen LogP contribution < -0.4 is 0 Å². The van der Waals surface area contributed by atoms with Crippen molar-refractivity contribution >= 4 is 14.2 Å². The van der Waals surface area contributed by atoms with Crippen molar-refractivity contribution in [1.29, 1.82) is 0 Å². The van der Waals surface area contributed by atoms with E-state index in [0.29, 0.717) is 29.6 Å². The van der Waals surface area contributed by atoms with Crippen LogP contribution in [-0.4, -0.2) is 42.6 Å². The molecule has 2 saturated heterocycles. The lowest BCUT2D eigenvalue weighted by Gasteiger charge is -2.43. The van der Waals surface area contributed by atoms with Gasteiger partial charge in [-0.3, -0.25) is 4.79 Å². The van der Waals surface area contributed by atoms with Crippen molar-refractivity contribution in [3.8, 4) is 0 Å². The van der Waals surface area contributed by atoms with Crippen molar-refractivity contribution in [2.24, 2.45) is 5.92 Å². The number of hydrogen-bond donors (Lipinski definition) is 1. The van der Waals surface area contributed by atoms with Gasteiger partial charge >= 0.3 is 0 Å². The minimum absolute atomic E-state index is 0.00525. The van der Waals surface area contributed by atoms with E-state index in [-0.39, 0.29) is 11.8 Å². The molecule has 4 nitrogen and oxygen atoms in total. The molecule has 0 saturated carbocycles. The fourth-order valence-electron chi connectivity index (χ4n) is 4.91. The first-order chi connectivity index (χ1) is 10.1. The van der Waals surface area contributed by atoms with Crippen LogP contribution in [0.3, 0.4) is 0 Å². The van der Waals surface area contributed by atoms with Crippen molar-refractivity contribution in [1.82, 2.24) is 4.90 Å². The lowest BCUT2D eigenvalue weighted by Crippen LogP contribution is -2.51. The van der Waals surface area contributed by atoms with Crippen LogP contribution >= 0.6 is 0 Å². The Morgan fingerprint density at radius 2 is 1.68 bits per heavy atom. The molecule has 0 unspecified atom stereocenters. The third-order valence-corrected chi connectivity index (χ3v) is 12.2. The molecule has 2 heterocycles. The number of amides is 1. The van der Waals surface area contributed by atoms with Gasteiger partial charge in [-0.1, -0.05) is 48.5 Å². The van der Waals surface area contributed by atoms with Crippen molar-refractivity contribution in [2.45, 2.75) is 89.8 Å². The van der Waals surface area contributed by atoms with E-state index in [1.165, 1.54) is 0 Å². The minimum Gasteiger partial charge on any atom is -0.404 e. The molecular formula is C17H33NO3Si. The highest BCUT2D eigenvalue weighted by Crippen LogP contribution is 2.48. The molecule has 0 aromatic carbocycles. The molecule has 5 heteroatoms. The van der Waals surface area contributed by atoms with Gasteiger partial charge in [0.1, 0.15) is 11.8 Å². The predicted molar refractivity (Wildman–Crippen MR) is 91.0 cm³/mol. The molecule has 0 spiro atoms. The van der Waals surface area contributed by atoms with E-state index >= 15 is 0 Å².